The Hall–Kier alpha value is -1.76. The molecule has 0 amide bonds. The third kappa shape index (κ3) is 3.29. The Balaban J connectivity index is 2.74. The van der Waals surface area contributed by atoms with Crippen LogP contribution in [0.25, 0.3) is 11.1 Å². The van der Waals surface area contributed by atoms with Gasteiger partial charge in [-0.1, -0.05) is 58.9 Å². The minimum absolute atomic E-state index is 0.320. The number of aryl methyl sites for hydroxylation is 1. The lowest BCUT2D eigenvalue weighted by Gasteiger charge is -2.22. The first kappa shape index (κ1) is 15.6. The van der Waals surface area contributed by atoms with Crippen LogP contribution in [0.1, 0.15) is 63.1 Å². The average Bonchev–Trinajstić information content (AvgIpc) is 2.46. The zero-order valence-electron chi connectivity index (χ0n) is 13.8. The number of aromatic hydroxyl groups is 1. The van der Waals surface area contributed by atoms with Gasteiger partial charge in [0.1, 0.15) is 5.75 Å². The summed E-state index contributed by atoms with van der Waals surface area (Å²) in [6.45, 7) is 11.2. The molecule has 0 fully saturated rings. The summed E-state index contributed by atoms with van der Waals surface area (Å²) in [5.74, 6) is 1.29. The molecule has 0 unspecified atom stereocenters. The molecule has 0 bridgehead atoms. The quantitative estimate of drug-likeness (QED) is 0.743. The van der Waals surface area contributed by atoms with Crippen molar-refractivity contribution in [3.8, 4) is 16.9 Å². The second-order valence-corrected chi connectivity index (χ2v) is 6.36. The molecule has 0 radical (unpaired) electrons. The van der Waals surface area contributed by atoms with Gasteiger partial charge in [-0.05, 0) is 58.2 Å². The third-order valence-corrected chi connectivity index (χ3v) is 4.07. The molecule has 0 aliphatic carbocycles. The summed E-state index contributed by atoms with van der Waals surface area (Å²) >= 11 is 0. The Kier molecular flexibility index (Phi) is 4.72. The fourth-order valence-electron chi connectivity index (χ4n) is 2.83. The van der Waals surface area contributed by atoms with Gasteiger partial charge >= 0.3 is 0 Å². The lowest BCUT2D eigenvalue weighted by molar-refractivity contribution is 0.475. The summed E-state index contributed by atoms with van der Waals surface area (Å²) in [5, 5.41) is 9.54. The predicted octanol–water partition coefficient (Wildman–Crippen LogP) is 5.87. The molecule has 112 valence electrons. The van der Waals surface area contributed by atoms with Gasteiger partial charge in [0.2, 0.25) is 0 Å². The van der Waals surface area contributed by atoms with E-state index in [9.17, 15) is 5.11 Å². The Labute approximate surface area is 128 Å². The van der Waals surface area contributed by atoms with Gasteiger partial charge in [0.15, 0.2) is 0 Å². The smallest absolute Gasteiger partial charge is 0.115 e. The van der Waals surface area contributed by atoms with E-state index in [2.05, 4.69) is 46.8 Å². The molecule has 21 heavy (non-hydrogen) atoms. The highest BCUT2D eigenvalue weighted by molar-refractivity contribution is 5.73. The maximum Gasteiger partial charge on any atom is 0.115 e. The largest absolute Gasteiger partial charge is 0.508 e. The maximum absolute atomic E-state index is 9.54. The first-order valence-corrected chi connectivity index (χ1v) is 7.90. The number of hydrogen-bond acceptors (Lipinski definition) is 1. The molecule has 0 spiro atoms. The van der Waals surface area contributed by atoms with Gasteiger partial charge in [-0.15, -0.1) is 0 Å². The van der Waals surface area contributed by atoms with Gasteiger partial charge in [0.25, 0.3) is 0 Å². The molecule has 1 heteroatoms. The fourth-order valence-corrected chi connectivity index (χ4v) is 2.83. The van der Waals surface area contributed by atoms with Crippen molar-refractivity contribution in [1.82, 2.24) is 0 Å². The maximum atomic E-state index is 9.54. The van der Waals surface area contributed by atoms with Crippen LogP contribution < -0.4 is 0 Å². The van der Waals surface area contributed by atoms with Crippen molar-refractivity contribution in [1.29, 1.82) is 0 Å². The number of hydrogen-bond donors (Lipinski definition) is 1. The van der Waals surface area contributed by atoms with Crippen LogP contribution in [-0.2, 0) is 6.42 Å². The van der Waals surface area contributed by atoms with Crippen LogP contribution in [0.3, 0.4) is 0 Å². The summed E-state index contributed by atoms with van der Waals surface area (Å²) < 4.78 is 0. The molecule has 0 aliphatic heterocycles. The van der Waals surface area contributed by atoms with Crippen molar-refractivity contribution in [2.45, 2.75) is 52.9 Å². The molecule has 0 aromatic heterocycles. The highest BCUT2D eigenvalue weighted by atomic mass is 16.3. The van der Waals surface area contributed by atoms with Crippen LogP contribution >= 0.6 is 0 Å². The van der Waals surface area contributed by atoms with E-state index in [1.165, 1.54) is 27.8 Å². The fraction of sp³-hybridized carbons (Fsp3) is 0.400. The average molecular weight is 282 g/mol. The van der Waals surface area contributed by atoms with Gasteiger partial charge < -0.3 is 5.11 Å². The molecule has 2 aromatic carbocycles. The molecule has 0 saturated carbocycles. The van der Waals surface area contributed by atoms with Gasteiger partial charge in [-0.3, -0.25) is 0 Å². The van der Waals surface area contributed by atoms with E-state index in [-0.39, 0.29) is 0 Å². The summed E-state index contributed by atoms with van der Waals surface area (Å²) in [7, 11) is 0. The zero-order valence-corrected chi connectivity index (χ0v) is 13.8. The molecular formula is C20H26O. The van der Waals surface area contributed by atoms with Gasteiger partial charge in [-0.25, -0.2) is 0 Å². The summed E-state index contributed by atoms with van der Waals surface area (Å²) in [6.07, 6.45) is 1.06. The van der Waals surface area contributed by atoms with Crippen LogP contribution in [0, 0.1) is 0 Å². The highest BCUT2D eigenvalue weighted by Gasteiger charge is 2.17. The molecule has 0 saturated heterocycles. The Morgan fingerprint density at radius 1 is 0.857 bits per heavy atom. The molecule has 1 nitrogen and oxygen atoms in total. The van der Waals surface area contributed by atoms with E-state index in [4.69, 9.17) is 0 Å². The topological polar surface area (TPSA) is 20.2 Å². The first-order chi connectivity index (χ1) is 9.93. The lowest BCUT2D eigenvalue weighted by atomic mass is 9.83. The van der Waals surface area contributed by atoms with Crippen LogP contribution in [0.4, 0.5) is 0 Å². The number of phenols is 1. The minimum Gasteiger partial charge on any atom is -0.508 e. The van der Waals surface area contributed by atoms with Crippen molar-refractivity contribution in [3.05, 3.63) is 53.1 Å². The van der Waals surface area contributed by atoms with Crippen LogP contribution in [0.15, 0.2) is 36.4 Å². The highest BCUT2D eigenvalue weighted by Crippen LogP contribution is 2.37. The van der Waals surface area contributed by atoms with Crippen LogP contribution in [0.5, 0.6) is 5.75 Å². The van der Waals surface area contributed by atoms with E-state index < -0.39 is 0 Å². The molecule has 2 aromatic rings. The van der Waals surface area contributed by atoms with E-state index in [1.807, 2.05) is 12.1 Å². The molecule has 0 atom stereocenters. The van der Waals surface area contributed by atoms with Gasteiger partial charge in [0.05, 0.1) is 0 Å². The molecule has 2 rings (SSSR count). The van der Waals surface area contributed by atoms with Crippen molar-refractivity contribution in [2.75, 3.05) is 0 Å². The standard InChI is InChI=1S/C20H26O/c1-6-15-11-18(13(2)3)20(19(12-15)14(4)5)16-7-9-17(21)10-8-16/h7-14,21H,6H2,1-5H3. The summed E-state index contributed by atoms with van der Waals surface area (Å²) in [5.41, 5.74) is 6.76. The molecule has 1 N–H and O–H groups in total. The van der Waals surface area contributed by atoms with Crippen molar-refractivity contribution in [2.24, 2.45) is 0 Å². The van der Waals surface area contributed by atoms with Crippen LogP contribution in [-0.4, -0.2) is 5.11 Å². The normalized spacial score (nSPS) is 11.4. The molecular weight excluding hydrogens is 256 g/mol. The second-order valence-electron chi connectivity index (χ2n) is 6.36. The minimum atomic E-state index is 0.320. The van der Waals surface area contributed by atoms with E-state index in [1.54, 1.807) is 12.1 Å². The number of benzene rings is 2. The number of rotatable bonds is 4. The Morgan fingerprint density at radius 2 is 1.33 bits per heavy atom. The van der Waals surface area contributed by atoms with E-state index >= 15 is 0 Å². The second kappa shape index (κ2) is 6.34. The Morgan fingerprint density at radius 3 is 1.71 bits per heavy atom. The monoisotopic (exact) mass is 282 g/mol. The Bertz CT molecular complexity index is 577. The predicted molar refractivity (Wildman–Crippen MR) is 91.1 cm³/mol. The van der Waals surface area contributed by atoms with Gasteiger partial charge in [0, 0.05) is 0 Å². The molecule has 0 heterocycles. The van der Waals surface area contributed by atoms with E-state index in [0.29, 0.717) is 17.6 Å². The van der Waals surface area contributed by atoms with Crippen LogP contribution in [0.2, 0.25) is 0 Å². The third-order valence-electron chi connectivity index (χ3n) is 4.07. The lowest BCUT2D eigenvalue weighted by Crippen LogP contribution is -2.02. The summed E-state index contributed by atoms with van der Waals surface area (Å²) in [6, 6.07) is 12.3. The SMILES string of the molecule is CCc1cc(C(C)C)c(-c2ccc(O)cc2)c(C(C)C)c1. The first-order valence-electron chi connectivity index (χ1n) is 7.90. The van der Waals surface area contributed by atoms with E-state index in [0.717, 1.165) is 6.42 Å². The van der Waals surface area contributed by atoms with Crippen molar-refractivity contribution in [3.63, 3.8) is 0 Å². The number of phenolic OH excluding ortho intramolecular Hbond substituents is 1. The van der Waals surface area contributed by atoms with Crippen molar-refractivity contribution < 1.29 is 5.11 Å². The molecule has 0 aliphatic rings. The van der Waals surface area contributed by atoms with Crippen molar-refractivity contribution >= 4 is 0 Å². The zero-order chi connectivity index (χ0) is 15.6. The summed E-state index contributed by atoms with van der Waals surface area (Å²) in [4.78, 5) is 0. The van der Waals surface area contributed by atoms with Gasteiger partial charge in [-0.2, -0.15) is 0 Å².